The second kappa shape index (κ2) is 11.4. The van der Waals surface area contributed by atoms with Crippen molar-refractivity contribution in [1.29, 1.82) is 0 Å². The minimum Gasteiger partial charge on any atom is -0.493 e. The summed E-state index contributed by atoms with van der Waals surface area (Å²) in [7, 11) is 2.97. The summed E-state index contributed by atoms with van der Waals surface area (Å²) in [6.45, 7) is 6.71. The molecule has 28 heavy (non-hydrogen) atoms. The molecule has 0 atom stereocenters. The number of hydrogen-bond donors (Lipinski definition) is 3. The molecule has 10 heteroatoms. The normalized spacial score (nSPS) is 14.5. The number of nitrogens with zero attached hydrogens (tertiary/aromatic N) is 1. The molecule has 1 fully saturated rings. The Morgan fingerprint density at radius 1 is 1.29 bits per heavy atom. The van der Waals surface area contributed by atoms with E-state index in [0.29, 0.717) is 22.2 Å². The Bertz CT molecular complexity index is 682. The molecule has 0 radical (unpaired) electrons. The maximum absolute atomic E-state index is 11.3. The molecule has 3 N–H and O–H groups in total. The van der Waals surface area contributed by atoms with Crippen LogP contribution in [0.5, 0.6) is 17.2 Å². The third kappa shape index (κ3) is 6.95. The van der Waals surface area contributed by atoms with Crippen molar-refractivity contribution in [3.05, 3.63) is 17.7 Å². The zero-order chi connectivity index (χ0) is 20.4. The SMILES string of the molecule is COc1cc(/C=N\NC(=S)NCC[NH+]2CCOCC2)cc(OC)c1OC(C)=O. The lowest BCUT2D eigenvalue weighted by molar-refractivity contribution is -0.906. The lowest BCUT2D eigenvalue weighted by atomic mass is 10.2. The van der Waals surface area contributed by atoms with Crippen LogP contribution in [-0.4, -0.2) is 70.9 Å². The van der Waals surface area contributed by atoms with E-state index >= 15 is 0 Å². The fourth-order valence-electron chi connectivity index (χ4n) is 2.69. The average molecular weight is 412 g/mol. The highest BCUT2D eigenvalue weighted by Crippen LogP contribution is 2.38. The van der Waals surface area contributed by atoms with Crippen LogP contribution in [0, 0.1) is 0 Å². The predicted octanol–water partition coefficient (Wildman–Crippen LogP) is -0.658. The fourth-order valence-corrected chi connectivity index (χ4v) is 2.84. The lowest BCUT2D eigenvalue weighted by Crippen LogP contribution is -3.14. The highest BCUT2D eigenvalue weighted by atomic mass is 32.1. The van der Waals surface area contributed by atoms with Gasteiger partial charge in [-0.1, -0.05) is 0 Å². The number of hydrogen-bond acceptors (Lipinski definition) is 7. The van der Waals surface area contributed by atoms with Gasteiger partial charge in [-0.3, -0.25) is 10.2 Å². The number of morpholine rings is 1. The number of quaternary nitrogens is 1. The van der Waals surface area contributed by atoms with E-state index in [-0.39, 0.29) is 5.75 Å². The minimum absolute atomic E-state index is 0.227. The average Bonchev–Trinajstić information content (AvgIpc) is 2.69. The Labute approximate surface area is 170 Å². The highest BCUT2D eigenvalue weighted by molar-refractivity contribution is 7.80. The monoisotopic (exact) mass is 411 g/mol. The largest absolute Gasteiger partial charge is 0.493 e. The summed E-state index contributed by atoms with van der Waals surface area (Å²) < 4.78 is 21.1. The van der Waals surface area contributed by atoms with Gasteiger partial charge in [-0.25, -0.2) is 0 Å². The molecule has 0 unspecified atom stereocenters. The number of esters is 1. The maximum atomic E-state index is 11.3. The molecule has 154 valence electrons. The maximum Gasteiger partial charge on any atom is 0.308 e. The molecule has 1 aromatic carbocycles. The van der Waals surface area contributed by atoms with E-state index in [4.69, 9.17) is 31.2 Å². The smallest absolute Gasteiger partial charge is 0.308 e. The molecule has 0 aliphatic carbocycles. The molecule has 1 saturated heterocycles. The number of benzene rings is 1. The number of ether oxygens (including phenoxy) is 4. The van der Waals surface area contributed by atoms with E-state index in [1.807, 2.05) is 0 Å². The molecule has 9 nitrogen and oxygen atoms in total. The van der Waals surface area contributed by atoms with Gasteiger partial charge in [0.2, 0.25) is 5.75 Å². The summed E-state index contributed by atoms with van der Waals surface area (Å²) in [5.74, 6) is 0.496. The molecule has 0 spiro atoms. The summed E-state index contributed by atoms with van der Waals surface area (Å²) in [6.07, 6.45) is 1.57. The molecule has 0 amide bonds. The van der Waals surface area contributed by atoms with Gasteiger partial charge in [0.15, 0.2) is 16.6 Å². The van der Waals surface area contributed by atoms with E-state index < -0.39 is 5.97 Å². The predicted molar refractivity (Wildman–Crippen MR) is 109 cm³/mol. The third-order valence-electron chi connectivity index (χ3n) is 4.07. The zero-order valence-electron chi connectivity index (χ0n) is 16.4. The lowest BCUT2D eigenvalue weighted by Gasteiger charge is -2.23. The molecular formula is C18H27N4O5S+. The number of rotatable bonds is 8. The van der Waals surface area contributed by atoms with Gasteiger partial charge in [0, 0.05) is 12.5 Å². The molecule has 1 heterocycles. The van der Waals surface area contributed by atoms with Gasteiger partial charge in [0.1, 0.15) is 13.1 Å². The van der Waals surface area contributed by atoms with E-state index in [0.717, 1.165) is 39.4 Å². The Morgan fingerprint density at radius 2 is 1.93 bits per heavy atom. The summed E-state index contributed by atoms with van der Waals surface area (Å²) in [6, 6.07) is 3.37. The molecular weight excluding hydrogens is 384 g/mol. The molecule has 0 saturated carbocycles. The van der Waals surface area contributed by atoms with E-state index in [1.165, 1.54) is 26.0 Å². The van der Waals surface area contributed by atoms with Crippen LogP contribution in [0.4, 0.5) is 0 Å². The first kappa shape index (κ1) is 21.9. The first-order valence-electron chi connectivity index (χ1n) is 8.96. The molecule has 1 aromatic rings. The summed E-state index contributed by atoms with van der Waals surface area (Å²) >= 11 is 5.22. The van der Waals surface area contributed by atoms with Crippen molar-refractivity contribution in [1.82, 2.24) is 10.7 Å². The van der Waals surface area contributed by atoms with E-state index in [2.05, 4.69) is 15.8 Å². The summed E-state index contributed by atoms with van der Waals surface area (Å²) in [5.41, 5.74) is 3.47. The van der Waals surface area contributed by atoms with Crippen molar-refractivity contribution < 1.29 is 28.6 Å². The molecule has 2 rings (SSSR count). The summed E-state index contributed by atoms with van der Waals surface area (Å²) in [4.78, 5) is 12.8. The van der Waals surface area contributed by atoms with Crippen molar-refractivity contribution in [2.24, 2.45) is 5.10 Å². The van der Waals surface area contributed by atoms with Gasteiger partial charge < -0.3 is 29.2 Å². The first-order chi connectivity index (χ1) is 13.5. The van der Waals surface area contributed by atoms with Crippen LogP contribution in [-0.2, 0) is 9.53 Å². The van der Waals surface area contributed by atoms with Crippen LogP contribution in [0.2, 0.25) is 0 Å². The number of carbonyl (C=O) groups is 1. The van der Waals surface area contributed by atoms with Gasteiger partial charge >= 0.3 is 5.97 Å². The Kier molecular flexibility index (Phi) is 8.92. The number of nitrogens with one attached hydrogen (secondary N) is 3. The second-order valence-corrected chi connectivity index (χ2v) is 6.49. The van der Waals surface area contributed by atoms with Crippen molar-refractivity contribution >= 4 is 29.5 Å². The molecule has 1 aliphatic heterocycles. The van der Waals surface area contributed by atoms with Crippen molar-refractivity contribution in [2.45, 2.75) is 6.92 Å². The van der Waals surface area contributed by atoms with Crippen molar-refractivity contribution in [2.75, 3.05) is 53.6 Å². The Morgan fingerprint density at radius 3 is 2.50 bits per heavy atom. The van der Waals surface area contributed by atoms with E-state index in [1.54, 1.807) is 18.3 Å². The minimum atomic E-state index is -0.463. The molecule has 0 bridgehead atoms. The van der Waals surface area contributed by atoms with Crippen LogP contribution in [0.1, 0.15) is 12.5 Å². The highest BCUT2D eigenvalue weighted by Gasteiger charge is 2.16. The first-order valence-corrected chi connectivity index (χ1v) is 9.37. The van der Waals surface area contributed by atoms with Crippen molar-refractivity contribution in [3.8, 4) is 17.2 Å². The standard InChI is InChI=1S/C18H26N4O5S/c1-13(23)27-17-15(24-2)10-14(11-16(17)25-3)12-20-21-18(28)19-4-5-22-6-8-26-9-7-22/h10-12H,4-9H2,1-3H3,(H2,19,21,28)/p+1/b20-12-. The van der Waals surface area contributed by atoms with Crippen LogP contribution in [0.3, 0.4) is 0 Å². The van der Waals surface area contributed by atoms with Crippen molar-refractivity contribution in [3.63, 3.8) is 0 Å². The molecule has 0 aromatic heterocycles. The third-order valence-corrected chi connectivity index (χ3v) is 4.31. The number of carbonyl (C=O) groups excluding carboxylic acids is 1. The van der Waals surface area contributed by atoms with Gasteiger partial charge in [-0.05, 0) is 24.4 Å². The van der Waals surface area contributed by atoms with Gasteiger partial charge in [-0.2, -0.15) is 5.10 Å². The molecule has 1 aliphatic rings. The fraction of sp³-hybridized carbons (Fsp3) is 0.500. The second-order valence-electron chi connectivity index (χ2n) is 6.09. The van der Waals surface area contributed by atoms with E-state index in [9.17, 15) is 4.79 Å². The van der Waals surface area contributed by atoms with Gasteiger partial charge in [-0.15, -0.1) is 0 Å². The number of hydrazone groups is 1. The van der Waals surface area contributed by atoms with Crippen LogP contribution in [0.15, 0.2) is 17.2 Å². The van der Waals surface area contributed by atoms with Crippen LogP contribution < -0.4 is 29.9 Å². The van der Waals surface area contributed by atoms with Crippen LogP contribution in [0.25, 0.3) is 0 Å². The quantitative estimate of drug-likeness (QED) is 0.171. The Hall–Kier alpha value is -2.43. The van der Waals surface area contributed by atoms with Gasteiger partial charge in [0.25, 0.3) is 0 Å². The zero-order valence-corrected chi connectivity index (χ0v) is 17.2. The van der Waals surface area contributed by atoms with Gasteiger partial charge in [0.05, 0.1) is 46.7 Å². The number of methoxy groups -OCH3 is 2. The van der Waals surface area contributed by atoms with Crippen LogP contribution >= 0.6 is 12.2 Å². The topological polar surface area (TPSA) is 94.8 Å². The Balaban J connectivity index is 1.88. The summed E-state index contributed by atoms with van der Waals surface area (Å²) in [5, 5.41) is 7.70. The number of thiocarbonyl (C=S) groups is 1.